The van der Waals surface area contributed by atoms with E-state index in [2.05, 4.69) is 26.3 Å². The number of carbonyl (C=O) groups is 8. The largest absolute Gasteiger partial charge is 0.455 e. The lowest BCUT2D eigenvalue weighted by atomic mass is 9.75. The average molecular weight is 1730 g/mol. The normalized spacial score (nSPS) is 35.2. The van der Waals surface area contributed by atoms with Gasteiger partial charge in [0.1, 0.15) is 41.7 Å². The average Bonchev–Trinajstić information content (AvgIpc) is 1.57. The topological polar surface area (TPSA) is 414 Å². The van der Waals surface area contributed by atoms with E-state index in [0.717, 1.165) is 25.0 Å². The molecule has 3 aromatic rings. The van der Waals surface area contributed by atoms with Crippen LogP contribution in [0.4, 0.5) is 33.6 Å². The summed E-state index contributed by atoms with van der Waals surface area (Å²) >= 11 is 0.250. The molecule has 1 aromatic heterocycles. The number of hydrogen-bond donors (Lipinski definition) is 4. The second-order valence-electron chi connectivity index (χ2n) is 34.1. The van der Waals surface area contributed by atoms with E-state index < -0.39 is 154 Å². The Labute approximate surface area is 713 Å². The summed E-state index contributed by atoms with van der Waals surface area (Å²) in [5, 5.41) is 34.7. The lowest BCUT2D eigenvalue weighted by molar-refractivity contribution is -0.295. The minimum Gasteiger partial charge on any atom is -0.455 e. The molecule has 676 valence electrons. The molecule has 0 aliphatic carbocycles. The Kier molecular flexibility index (Phi) is 37.0. The Hall–Kier alpha value is -8.05. The van der Waals surface area contributed by atoms with Crippen molar-refractivity contribution < 1.29 is 109 Å². The van der Waals surface area contributed by atoms with Gasteiger partial charge in [0.2, 0.25) is 0 Å². The number of terminal acetylenes is 1. The molecule has 0 radical (unpaired) electrons. The molecule has 0 saturated carbocycles. The van der Waals surface area contributed by atoms with Gasteiger partial charge < -0.3 is 88.6 Å². The minimum absolute atomic E-state index is 0.00153. The van der Waals surface area contributed by atoms with Crippen molar-refractivity contribution in [1.82, 2.24) is 34.6 Å². The number of aliphatic hydroxyl groups excluding tert-OH is 2. The van der Waals surface area contributed by atoms with Crippen LogP contribution < -0.4 is 11.5 Å². The molecule has 6 aliphatic heterocycles. The first kappa shape index (κ1) is 102. The molecular formula is C85H129F3N12O20S. The van der Waals surface area contributed by atoms with E-state index in [0.29, 0.717) is 62.1 Å². The van der Waals surface area contributed by atoms with Crippen LogP contribution in [-0.2, 0) is 82.7 Å². The number of hydrogen-bond acceptors (Lipinski definition) is 28. The molecule has 6 saturated heterocycles. The number of amides is 2. The molecule has 6 N–H and O–H groups in total. The summed E-state index contributed by atoms with van der Waals surface area (Å²) in [4.78, 5) is 121. The number of fused-ring (bicyclic) bond motifs is 2. The van der Waals surface area contributed by atoms with Crippen LogP contribution in [0.25, 0.3) is 21.7 Å². The highest BCUT2D eigenvalue weighted by Gasteiger charge is 2.63. The predicted octanol–water partition coefficient (Wildman–Crippen LogP) is 11.0. The number of rotatable bonds is 21. The smallest absolute Gasteiger partial charge is 0.410 e. The van der Waals surface area contributed by atoms with Gasteiger partial charge >= 0.3 is 24.1 Å². The third-order valence-corrected chi connectivity index (χ3v) is 24.4. The summed E-state index contributed by atoms with van der Waals surface area (Å²) in [7, 11) is 10.0. The molecule has 6 aliphatic rings. The fourth-order valence-corrected chi connectivity index (χ4v) is 17.2. The second-order valence-corrected chi connectivity index (χ2v) is 34.4. The molecule has 0 bridgehead atoms. The van der Waals surface area contributed by atoms with Gasteiger partial charge in [0, 0.05) is 135 Å². The van der Waals surface area contributed by atoms with Gasteiger partial charge in [0.15, 0.2) is 35.3 Å². The van der Waals surface area contributed by atoms with Gasteiger partial charge in [0.25, 0.3) is 11.3 Å². The molecule has 7 heterocycles. The van der Waals surface area contributed by atoms with Gasteiger partial charge in [-0.25, -0.2) is 28.0 Å². The van der Waals surface area contributed by atoms with E-state index in [4.69, 9.17) is 70.8 Å². The maximum Gasteiger partial charge on any atom is 0.410 e. The van der Waals surface area contributed by atoms with Crippen molar-refractivity contribution in [1.29, 1.82) is 0 Å². The zero-order valence-electron chi connectivity index (χ0n) is 73.9. The number of azide groups is 1. The van der Waals surface area contributed by atoms with E-state index in [1.165, 1.54) is 44.1 Å². The molecule has 2 amide bonds. The quantitative estimate of drug-likeness (QED) is 0.00885. The van der Waals surface area contributed by atoms with Crippen LogP contribution in [0.15, 0.2) is 59.8 Å². The SMILES string of the molecule is C#Cc1cccc(N)c1.CC[C@H]1OC(=O)[C@@](C)(F)C(=O)[C@H](C)[C@@H](O[C@@H]2OC(C)CC(N(C)C)C2O)[C@](C)(OC)C[C@@H](C)C(=O)C[C@H]2N(CCCCN=[N+]=[N-])C(=O)O[C@]12C.CC[C@H]1OC(=O)[C@@](C)(F)C(=O)[C@H](C)[C@@H](O[C@@H]2OC(C)CC(N(C)C)C2O)[C@](C)(OC)C[C@@H](C)C(=O)C[C@H]2N(CCCCn3cc(-c4cccc(N)c4)nn3)C(=O)O[C@]12C.CSF. The third kappa shape index (κ3) is 24.5. The molecule has 36 heteroatoms. The number of benzene rings is 2. The summed E-state index contributed by atoms with van der Waals surface area (Å²) in [6.07, 6.45) is -0.891. The fourth-order valence-electron chi connectivity index (χ4n) is 17.2. The number of aliphatic hydroxyl groups is 2. The van der Waals surface area contributed by atoms with Crippen LogP contribution >= 0.6 is 12.1 Å². The number of ketones is 4. The first-order chi connectivity index (χ1) is 56.7. The van der Waals surface area contributed by atoms with Gasteiger partial charge in [-0.3, -0.25) is 23.9 Å². The number of cyclic esters (lactones) is 2. The molecule has 0 spiro atoms. The fraction of sp³-hybridized carbons (Fsp3) is 0.718. The van der Waals surface area contributed by atoms with Crippen molar-refractivity contribution in [3.63, 3.8) is 0 Å². The number of aromatic nitrogens is 3. The van der Waals surface area contributed by atoms with Crippen LogP contribution in [0, 0.1) is 36.0 Å². The van der Waals surface area contributed by atoms with Crippen molar-refractivity contribution in [2.45, 2.75) is 300 Å². The Balaban J connectivity index is 0.000000332. The Morgan fingerprint density at radius 2 is 1.07 bits per heavy atom. The van der Waals surface area contributed by atoms with E-state index in [1.54, 1.807) is 78.3 Å². The van der Waals surface area contributed by atoms with Crippen LogP contribution in [0.5, 0.6) is 0 Å². The van der Waals surface area contributed by atoms with Crippen molar-refractivity contribution in [3.8, 4) is 23.6 Å². The number of aryl methyl sites for hydroxylation is 1. The van der Waals surface area contributed by atoms with Crippen LogP contribution in [0.3, 0.4) is 0 Å². The molecular weight excluding hydrogens is 1600 g/mol. The van der Waals surface area contributed by atoms with E-state index >= 15 is 8.78 Å². The molecule has 24 atom stereocenters. The molecule has 121 heavy (non-hydrogen) atoms. The zero-order valence-corrected chi connectivity index (χ0v) is 74.7. The third-order valence-electron chi connectivity index (χ3n) is 24.4. The molecule has 6 unspecified atom stereocenters. The number of esters is 2. The Bertz CT molecular complexity index is 4100. The Morgan fingerprint density at radius 1 is 0.661 bits per heavy atom. The Morgan fingerprint density at radius 3 is 1.44 bits per heavy atom. The van der Waals surface area contributed by atoms with Crippen LogP contribution in [0.1, 0.15) is 180 Å². The van der Waals surface area contributed by atoms with Crippen LogP contribution in [-0.4, -0.2) is 280 Å². The summed E-state index contributed by atoms with van der Waals surface area (Å²) in [6.45, 7) is 22.4. The summed E-state index contributed by atoms with van der Waals surface area (Å²) < 4.78 is 106. The van der Waals surface area contributed by atoms with E-state index in [-0.39, 0.29) is 106 Å². The van der Waals surface area contributed by atoms with E-state index in [1.807, 2.05) is 88.4 Å². The minimum atomic E-state index is -3.18. The summed E-state index contributed by atoms with van der Waals surface area (Å²) in [5.74, 6) is -7.44. The number of nitrogens with two attached hydrogens (primary N) is 2. The molecule has 32 nitrogen and oxygen atoms in total. The number of halogens is 3. The summed E-state index contributed by atoms with van der Waals surface area (Å²) in [6, 6.07) is 12.0. The zero-order chi connectivity index (χ0) is 90.8. The second kappa shape index (κ2) is 44.0. The predicted molar refractivity (Wildman–Crippen MR) is 446 cm³/mol. The number of alkyl halides is 2. The van der Waals surface area contributed by atoms with Crippen molar-refractivity contribution >= 4 is 70.8 Å². The van der Waals surface area contributed by atoms with Gasteiger partial charge in [-0.05, 0) is 184 Å². The number of unbranched alkanes of at least 4 members (excludes halogenated alkanes) is 2. The maximum absolute atomic E-state index is 16.8. The van der Waals surface area contributed by atoms with Gasteiger partial charge in [-0.15, -0.1) is 11.5 Å². The van der Waals surface area contributed by atoms with Gasteiger partial charge in [0.05, 0.1) is 53.9 Å². The first-order valence-electron chi connectivity index (χ1n) is 41.3. The van der Waals surface area contributed by atoms with Crippen molar-refractivity contribution in [2.75, 3.05) is 79.8 Å². The van der Waals surface area contributed by atoms with Crippen LogP contribution in [0.2, 0.25) is 0 Å². The summed E-state index contributed by atoms with van der Waals surface area (Å²) in [5.41, 5.74) is 11.3. The number of likely N-dealkylation sites (N-methyl/N-ethyl adjacent to an activating group) is 2. The molecule has 2 aromatic carbocycles. The number of carbonyl (C=O) groups excluding carboxylic acids is 8. The highest BCUT2D eigenvalue weighted by atomic mass is 32.2. The number of methoxy groups -OCH3 is 2. The lowest BCUT2D eigenvalue weighted by Crippen LogP contribution is -2.61. The number of nitrogen functional groups attached to an aromatic ring is 2. The molecule has 9 rings (SSSR count). The highest BCUT2D eigenvalue weighted by Crippen LogP contribution is 2.46. The highest BCUT2D eigenvalue weighted by molar-refractivity contribution is 7.93. The number of ether oxygens (including phenoxy) is 10. The maximum atomic E-state index is 16.8. The van der Waals surface area contributed by atoms with Gasteiger partial charge in [-0.1, -0.05) is 76.0 Å². The van der Waals surface area contributed by atoms with Gasteiger partial charge in [-0.2, -0.15) is 3.89 Å². The number of Topliss-reactive ketones (excluding diaryl/α,β-unsaturated/α-hetero) is 4. The lowest BCUT2D eigenvalue weighted by Gasteiger charge is -2.47. The number of anilines is 2. The van der Waals surface area contributed by atoms with E-state index in [9.17, 15) is 52.5 Å². The van der Waals surface area contributed by atoms with Crippen molar-refractivity contribution in [3.05, 3.63) is 70.7 Å². The monoisotopic (exact) mass is 1730 g/mol. The molecule has 6 fully saturated rings. The van der Waals surface area contributed by atoms with Crippen molar-refractivity contribution in [2.24, 2.45) is 28.8 Å². The standard InChI is InChI=1S/C42H63FN6O10.C34H56FN5O10.C8H7N.CH3FS/c1-11-33-42(7)32(49(39(54)59-42)18-13-12-17-48-23-29(45-46-48)27-15-14-16-28(44)20-27)21-31(50)24(2)22-40(5,55-10)36(26(4)35(52)41(6,43)38(53)57-33)58-37-34(51)30(47(8)9)19-25(3)56-37;1-11-25-34(7)24(40(31(45)50-34)15-13-12-14-37-38-36)17-23(41)19(2)18-32(5,46-10)28(21(4)27(43)33(6,35)30(44)48-25)49-29-26(42)22(39(8)9)16-20(3)47-29;1-2-7-4-3-5-8(9)6-7;1-3-2/h14-16,20,23-26,30,32-34,36-37,51H,11-13,17-19,21-22,44H2,1-10H3;19-22,24-26,28-29,42H,11-18H2,1-10H3;1,3-6H,9H2;1H3/t24-,25?,26+,30?,32-,33-,34?,36-,37+,40-,41+,42+;19-,20?,21+,22?,24-,25-,26?,28-,29+,32-,33+,34+;;/m11../s1. The first-order valence-corrected chi connectivity index (χ1v) is 42.4. The number of nitrogens with zero attached hydrogens (tertiary/aromatic N) is 10.